The monoisotopic (exact) mass is 861 g/mol. The zero-order valence-corrected chi connectivity index (χ0v) is 39.4. The van der Waals surface area contributed by atoms with Crippen LogP contribution in [0.4, 0.5) is 0 Å². The summed E-state index contributed by atoms with van der Waals surface area (Å²) < 4.78 is 16.8. The van der Waals surface area contributed by atoms with E-state index in [0.717, 1.165) is 67.9 Å². The molecule has 0 amide bonds. The van der Waals surface area contributed by atoms with Crippen LogP contribution in [0.25, 0.3) is 21.5 Å². The van der Waals surface area contributed by atoms with Crippen molar-refractivity contribution in [2.75, 3.05) is 13.7 Å². The van der Waals surface area contributed by atoms with E-state index in [2.05, 4.69) is 131 Å². The van der Waals surface area contributed by atoms with Crippen LogP contribution < -0.4 is 20.5 Å². The van der Waals surface area contributed by atoms with E-state index < -0.39 is 11.9 Å². The first-order valence-corrected chi connectivity index (χ1v) is 23.8. The molecule has 8 heteroatoms. The normalized spacial score (nSPS) is 22.7. The average molecular weight is 861 g/mol. The second-order valence-electron chi connectivity index (χ2n) is 21.1. The molecular formula is C55H76N2O6. The van der Waals surface area contributed by atoms with Gasteiger partial charge in [-0.3, -0.25) is 4.79 Å². The van der Waals surface area contributed by atoms with Gasteiger partial charge in [0, 0.05) is 23.7 Å². The Morgan fingerprint density at radius 1 is 0.683 bits per heavy atom. The van der Waals surface area contributed by atoms with Crippen LogP contribution in [0.1, 0.15) is 149 Å². The molecule has 0 saturated heterocycles. The number of ether oxygens (including phenoxy) is 3. The predicted molar refractivity (Wildman–Crippen MR) is 257 cm³/mol. The SMILES string of the molecule is C=CC(=O)OC.CC(C)(C)C1CCC(Oc2ccc3cc(C4(N)CCC4)ccc3c2)CC1.CC(C)(C)C1CCC(Oc2ccc3cc(C4(NCCC(=O)O)CCC4)ccc3c2)CC1. The number of methoxy groups -OCH3 is 1. The maximum absolute atomic E-state index is 10.9. The molecule has 4 saturated carbocycles. The number of carboxylic acid groups (broad SMARTS) is 1. The van der Waals surface area contributed by atoms with Crippen molar-refractivity contribution in [1.82, 2.24) is 5.32 Å². The number of nitrogens with two attached hydrogens (primary N) is 1. The summed E-state index contributed by atoms with van der Waals surface area (Å²) in [5, 5.41) is 17.4. The first-order chi connectivity index (χ1) is 29.9. The van der Waals surface area contributed by atoms with E-state index in [0.29, 0.717) is 29.6 Å². The van der Waals surface area contributed by atoms with Crippen molar-refractivity contribution < 1.29 is 28.9 Å². The molecule has 0 aliphatic heterocycles. The molecule has 4 aromatic carbocycles. The fraction of sp³-hybridized carbons (Fsp3) is 0.564. The van der Waals surface area contributed by atoms with Crippen molar-refractivity contribution in [3.63, 3.8) is 0 Å². The van der Waals surface area contributed by atoms with Crippen molar-refractivity contribution >= 4 is 33.5 Å². The number of hydrogen-bond donors (Lipinski definition) is 3. The van der Waals surface area contributed by atoms with Crippen LogP contribution in [-0.2, 0) is 25.4 Å². The molecule has 4 N–H and O–H groups in total. The maximum Gasteiger partial charge on any atom is 0.329 e. The summed E-state index contributed by atoms with van der Waals surface area (Å²) in [5.74, 6) is 2.46. The van der Waals surface area contributed by atoms with E-state index in [1.807, 2.05) is 0 Å². The molecular weight excluding hydrogens is 785 g/mol. The van der Waals surface area contributed by atoms with Gasteiger partial charge < -0.3 is 30.4 Å². The Labute approximate surface area is 377 Å². The van der Waals surface area contributed by atoms with Crippen LogP contribution in [-0.4, -0.2) is 42.9 Å². The fourth-order valence-corrected chi connectivity index (χ4v) is 10.1. The van der Waals surface area contributed by atoms with Crippen molar-refractivity contribution in [3.8, 4) is 11.5 Å². The standard InChI is InChI=1S/C27H37NO3.C24H33NO.C4H6O2/c1-26(2,3)21-8-11-23(12-9-21)31-24-10-6-19-17-22(7-5-20(19)18-24)27(14-4-15-27)28-16-13-25(29)30;1-23(2,3)19-8-11-21(12-9-19)26-22-10-6-17-15-20(7-5-18(17)16-22)24(25)13-4-14-24;1-3-4(5)6-2/h5-7,10,17-18,21,23,28H,4,8-9,11-16H2,1-3H3,(H,29,30);5-7,10,15-16,19,21H,4,8-9,11-14,25H2,1-3H3;3H,1H2,2H3. The first-order valence-electron chi connectivity index (χ1n) is 23.8. The van der Waals surface area contributed by atoms with Gasteiger partial charge in [-0.15, -0.1) is 0 Å². The van der Waals surface area contributed by atoms with Crippen LogP contribution in [0.2, 0.25) is 0 Å². The molecule has 4 aromatic rings. The Bertz CT molecular complexity index is 2160. The van der Waals surface area contributed by atoms with Gasteiger partial charge in [0.05, 0.1) is 25.7 Å². The van der Waals surface area contributed by atoms with Gasteiger partial charge in [-0.05, 0) is 182 Å². The zero-order chi connectivity index (χ0) is 45.4. The lowest BCUT2D eigenvalue weighted by Crippen LogP contribution is -2.48. The average Bonchev–Trinajstić information content (AvgIpc) is 3.23. The quantitative estimate of drug-likeness (QED) is 0.101. The molecule has 4 aliphatic rings. The molecule has 0 spiro atoms. The molecule has 0 radical (unpaired) electrons. The van der Waals surface area contributed by atoms with Gasteiger partial charge in [0.2, 0.25) is 0 Å². The van der Waals surface area contributed by atoms with Gasteiger partial charge in [-0.1, -0.05) is 84.5 Å². The number of carboxylic acids is 1. The van der Waals surface area contributed by atoms with E-state index in [-0.39, 0.29) is 17.5 Å². The van der Waals surface area contributed by atoms with Crippen molar-refractivity contribution in [2.24, 2.45) is 28.4 Å². The number of esters is 1. The summed E-state index contributed by atoms with van der Waals surface area (Å²) in [5.41, 5.74) is 9.70. The van der Waals surface area contributed by atoms with Crippen LogP contribution in [0, 0.1) is 22.7 Å². The van der Waals surface area contributed by atoms with Crippen LogP contribution in [0.3, 0.4) is 0 Å². The minimum atomic E-state index is -0.750. The minimum absolute atomic E-state index is 0.0650. The highest BCUT2D eigenvalue weighted by atomic mass is 16.5. The topological polar surface area (TPSA) is 120 Å². The second kappa shape index (κ2) is 20.6. The van der Waals surface area contributed by atoms with Gasteiger partial charge in [-0.25, -0.2) is 4.79 Å². The Balaban J connectivity index is 0.000000188. The molecule has 8 nitrogen and oxygen atoms in total. The predicted octanol–water partition coefficient (Wildman–Crippen LogP) is 12.8. The van der Waals surface area contributed by atoms with Gasteiger partial charge >= 0.3 is 11.9 Å². The molecule has 8 rings (SSSR count). The maximum atomic E-state index is 10.9. The van der Waals surface area contributed by atoms with Crippen LogP contribution in [0.5, 0.6) is 11.5 Å². The number of rotatable bonds is 11. The summed E-state index contributed by atoms with van der Waals surface area (Å²) in [7, 11) is 1.31. The summed E-state index contributed by atoms with van der Waals surface area (Å²) in [6.07, 6.45) is 18.4. The number of carbonyl (C=O) groups is 2. The second-order valence-corrected chi connectivity index (χ2v) is 21.1. The Morgan fingerprint density at radius 3 is 1.48 bits per heavy atom. The molecule has 0 unspecified atom stereocenters. The largest absolute Gasteiger partial charge is 0.490 e. The highest BCUT2D eigenvalue weighted by molar-refractivity contribution is 5.86. The van der Waals surface area contributed by atoms with E-state index in [1.54, 1.807) is 0 Å². The first kappa shape index (κ1) is 48.1. The van der Waals surface area contributed by atoms with E-state index >= 15 is 0 Å². The zero-order valence-electron chi connectivity index (χ0n) is 39.4. The molecule has 0 atom stereocenters. The Morgan fingerprint density at radius 2 is 1.11 bits per heavy atom. The van der Waals surface area contributed by atoms with Crippen molar-refractivity contribution in [3.05, 3.63) is 96.6 Å². The number of aliphatic carboxylic acids is 1. The molecule has 0 aromatic heterocycles. The fourth-order valence-electron chi connectivity index (χ4n) is 10.1. The van der Waals surface area contributed by atoms with Crippen LogP contribution in [0.15, 0.2) is 85.5 Å². The lowest BCUT2D eigenvalue weighted by atomic mass is 9.71. The molecule has 342 valence electrons. The van der Waals surface area contributed by atoms with E-state index in [1.165, 1.54) is 91.1 Å². The third kappa shape index (κ3) is 12.7. The molecule has 4 aliphatic carbocycles. The molecule has 4 fully saturated rings. The number of nitrogens with one attached hydrogen (secondary N) is 1. The van der Waals surface area contributed by atoms with Crippen molar-refractivity contribution in [1.29, 1.82) is 0 Å². The van der Waals surface area contributed by atoms with Gasteiger partial charge in [-0.2, -0.15) is 0 Å². The molecule has 0 heterocycles. The third-order valence-corrected chi connectivity index (χ3v) is 14.8. The number of benzene rings is 4. The molecule has 63 heavy (non-hydrogen) atoms. The van der Waals surface area contributed by atoms with E-state index in [9.17, 15) is 9.59 Å². The number of hydrogen-bond acceptors (Lipinski definition) is 7. The third-order valence-electron chi connectivity index (χ3n) is 14.8. The smallest absolute Gasteiger partial charge is 0.329 e. The highest BCUT2D eigenvalue weighted by Gasteiger charge is 2.38. The lowest BCUT2D eigenvalue weighted by molar-refractivity contribution is -0.137. The van der Waals surface area contributed by atoms with Gasteiger partial charge in [0.15, 0.2) is 0 Å². The highest BCUT2D eigenvalue weighted by Crippen LogP contribution is 2.44. The number of carbonyl (C=O) groups excluding carboxylic acids is 1. The summed E-state index contributed by atoms with van der Waals surface area (Å²) in [4.78, 5) is 20.7. The molecule has 0 bridgehead atoms. The Hall–Kier alpha value is -4.40. The van der Waals surface area contributed by atoms with E-state index in [4.69, 9.17) is 20.3 Å². The lowest BCUT2D eigenvalue weighted by Gasteiger charge is -2.43. The summed E-state index contributed by atoms with van der Waals surface area (Å²) in [6, 6.07) is 26.3. The number of fused-ring (bicyclic) bond motifs is 2. The minimum Gasteiger partial charge on any atom is -0.490 e. The van der Waals surface area contributed by atoms with Crippen molar-refractivity contribution in [2.45, 2.75) is 161 Å². The Kier molecular flexibility index (Phi) is 15.7. The summed E-state index contributed by atoms with van der Waals surface area (Å²) >= 11 is 0. The van der Waals surface area contributed by atoms with Crippen LogP contribution >= 0.6 is 0 Å². The van der Waals surface area contributed by atoms with Gasteiger partial charge in [0.1, 0.15) is 11.5 Å². The van der Waals surface area contributed by atoms with Gasteiger partial charge in [0.25, 0.3) is 0 Å². The summed E-state index contributed by atoms with van der Waals surface area (Å²) in [6.45, 7) is 17.8.